The fourth-order valence-corrected chi connectivity index (χ4v) is 0.911. The van der Waals surface area contributed by atoms with Crippen LogP contribution in [0.25, 0.3) is 0 Å². The van der Waals surface area contributed by atoms with Crippen LogP contribution in [-0.4, -0.2) is 22.5 Å². The minimum Gasteiger partial charge on any atom is -0.844 e. The van der Waals surface area contributed by atoms with Gasteiger partial charge in [0.05, 0.1) is 12.6 Å². The summed E-state index contributed by atoms with van der Waals surface area (Å²) < 4.78 is 29.2. The quantitative estimate of drug-likeness (QED) is 0.437. The average Bonchev–Trinajstić information content (AvgIpc) is 2.17. The summed E-state index contributed by atoms with van der Waals surface area (Å²) in [6, 6.07) is -1.06. The Morgan fingerprint density at radius 3 is 2.75 bits per heavy atom. The van der Waals surface area contributed by atoms with Gasteiger partial charge in [-0.05, 0) is 6.92 Å². The molecule has 0 aliphatic rings. The molecule has 0 saturated heterocycles. The molecule has 0 amide bonds. The SMILES string of the molecule is CCOC(=O)c1cnc([O-])nc1C(F)F.[Na+]. The molecule has 0 bridgehead atoms. The normalized spacial score (nSPS) is 9.75. The molecular formula is C8H7F2N2NaO3. The third-order valence-corrected chi connectivity index (χ3v) is 1.50. The number of carbonyl (C=O) groups excluding carboxylic acids is 1. The first kappa shape index (κ1) is 15.2. The first-order chi connectivity index (χ1) is 7.06. The fourth-order valence-electron chi connectivity index (χ4n) is 0.911. The molecule has 0 aliphatic carbocycles. The van der Waals surface area contributed by atoms with Crippen molar-refractivity contribution in [3.8, 4) is 6.01 Å². The summed E-state index contributed by atoms with van der Waals surface area (Å²) in [5, 5.41) is 10.6. The van der Waals surface area contributed by atoms with Gasteiger partial charge >= 0.3 is 35.5 Å². The van der Waals surface area contributed by atoms with E-state index in [0.29, 0.717) is 0 Å². The maximum Gasteiger partial charge on any atom is 1.00 e. The number of nitrogens with zero attached hydrogens (tertiary/aromatic N) is 2. The van der Waals surface area contributed by atoms with Gasteiger partial charge in [-0.3, -0.25) is 4.98 Å². The first-order valence-electron chi connectivity index (χ1n) is 4.05. The van der Waals surface area contributed by atoms with Crippen LogP contribution in [0.1, 0.15) is 29.4 Å². The van der Waals surface area contributed by atoms with Crippen LogP contribution in [0.3, 0.4) is 0 Å². The van der Waals surface area contributed by atoms with Crippen LogP contribution >= 0.6 is 0 Å². The Morgan fingerprint density at radius 1 is 1.62 bits per heavy atom. The van der Waals surface area contributed by atoms with Gasteiger partial charge in [-0.25, -0.2) is 18.6 Å². The van der Waals surface area contributed by atoms with E-state index in [2.05, 4.69) is 14.7 Å². The molecule has 5 nitrogen and oxygen atoms in total. The maximum absolute atomic E-state index is 12.4. The number of hydrogen-bond acceptors (Lipinski definition) is 5. The zero-order valence-corrected chi connectivity index (χ0v) is 10.7. The van der Waals surface area contributed by atoms with Crippen molar-refractivity contribution in [3.05, 3.63) is 17.5 Å². The standard InChI is InChI=1S/C8H8F2N2O3.Na/c1-2-15-7(13)4-3-11-8(14)12-5(4)6(9)10;/h3,6H,2H2,1H3,(H,11,12,14);/q;+1/p-1. The van der Waals surface area contributed by atoms with Gasteiger partial charge in [0.1, 0.15) is 11.3 Å². The molecule has 0 saturated carbocycles. The van der Waals surface area contributed by atoms with Gasteiger partial charge in [0, 0.05) is 6.20 Å². The molecule has 0 fully saturated rings. The van der Waals surface area contributed by atoms with Crippen molar-refractivity contribution in [1.82, 2.24) is 9.97 Å². The van der Waals surface area contributed by atoms with Crippen LogP contribution in [0.2, 0.25) is 0 Å². The summed E-state index contributed by atoms with van der Waals surface area (Å²) in [6.07, 6.45) is -2.27. The summed E-state index contributed by atoms with van der Waals surface area (Å²) in [4.78, 5) is 17.2. The van der Waals surface area contributed by atoms with Crippen molar-refractivity contribution in [1.29, 1.82) is 0 Å². The molecule has 82 valence electrons. The molecule has 0 unspecified atom stereocenters. The maximum atomic E-state index is 12.4. The van der Waals surface area contributed by atoms with Crippen molar-refractivity contribution >= 4 is 5.97 Å². The summed E-state index contributed by atoms with van der Waals surface area (Å²) in [5.41, 5.74) is -1.38. The Morgan fingerprint density at radius 2 is 2.25 bits per heavy atom. The fraction of sp³-hybridized carbons (Fsp3) is 0.375. The van der Waals surface area contributed by atoms with E-state index in [1.54, 1.807) is 0 Å². The van der Waals surface area contributed by atoms with Crippen molar-refractivity contribution < 1.29 is 53.0 Å². The second kappa shape index (κ2) is 6.72. The second-order valence-corrected chi connectivity index (χ2v) is 2.47. The van der Waals surface area contributed by atoms with Gasteiger partial charge in [0.15, 0.2) is 0 Å². The van der Waals surface area contributed by atoms with Gasteiger partial charge in [-0.15, -0.1) is 0 Å². The van der Waals surface area contributed by atoms with Crippen LogP contribution < -0.4 is 34.7 Å². The van der Waals surface area contributed by atoms with Gasteiger partial charge in [0.2, 0.25) is 0 Å². The van der Waals surface area contributed by atoms with E-state index >= 15 is 0 Å². The Bertz CT molecular complexity index is 376. The van der Waals surface area contributed by atoms with E-state index in [9.17, 15) is 18.7 Å². The van der Waals surface area contributed by atoms with E-state index in [1.165, 1.54) is 6.92 Å². The van der Waals surface area contributed by atoms with Crippen molar-refractivity contribution in [2.45, 2.75) is 13.3 Å². The Labute approximate surface area is 112 Å². The van der Waals surface area contributed by atoms with E-state index in [-0.39, 0.29) is 36.2 Å². The molecule has 0 radical (unpaired) electrons. The third-order valence-electron chi connectivity index (χ3n) is 1.50. The van der Waals surface area contributed by atoms with Crippen LogP contribution in [0.4, 0.5) is 8.78 Å². The molecule has 1 aromatic heterocycles. The molecule has 1 aromatic rings. The first-order valence-corrected chi connectivity index (χ1v) is 4.05. The van der Waals surface area contributed by atoms with Gasteiger partial charge in [0.25, 0.3) is 6.43 Å². The van der Waals surface area contributed by atoms with Crippen molar-refractivity contribution in [3.63, 3.8) is 0 Å². The molecule has 1 rings (SSSR count). The smallest absolute Gasteiger partial charge is 0.844 e. The van der Waals surface area contributed by atoms with Crippen molar-refractivity contribution in [2.75, 3.05) is 6.61 Å². The van der Waals surface area contributed by atoms with Crippen LogP contribution in [0.15, 0.2) is 6.20 Å². The van der Waals surface area contributed by atoms with E-state index < -0.39 is 29.7 Å². The molecule has 0 aromatic carbocycles. The van der Waals surface area contributed by atoms with Gasteiger partial charge in [-0.1, -0.05) is 0 Å². The predicted octanol–water partition coefficient (Wildman–Crippen LogP) is -2.33. The zero-order chi connectivity index (χ0) is 11.4. The minimum atomic E-state index is -3.01. The van der Waals surface area contributed by atoms with Crippen LogP contribution in [0.5, 0.6) is 6.01 Å². The largest absolute Gasteiger partial charge is 1.00 e. The Kier molecular flexibility index (Phi) is 6.39. The number of aromatic nitrogens is 2. The number of rotatable bonds is 3. The van der Waals surface area contributed by atoms with Crippen LogP contribution in [-0.2, 0) is 4.74 Å². The number of esters is 1. The molecule has 0 atom stereocenters. The molecule has 0 N–H and O–H groups in total. The summed E-state index contributed by atoms with van der Waals surface area (Å²) in [6.45, 7) is 1.57. The number of alkyl halides is 2. The topological polar surface area (TPSA) is 75.1 Å². The average molecular weight is 240 g/mol. The van der Waals surface area contributed by atoms with E-state index in [0.717, 1.165) is 6.20 Å². The van der Waals surface area contributed by atoms with E-state index in [4.69, 9.17) is 0 Å². The second-order valence-electron chi connectivity index (χ2n) is 2.47. The van der Waals surface area contributed by atoms with E-state index in [1.807, 2.05) is 0 Å². The molecular weight excluding hydrogens is 233 g/mol. The minimum absolute atomic E-state index is 0. The number of hydrogen-bond donors (Lipinski definition) is 0. The zero-order valence-electron chi connectivity index (χ0n) is 8.74. The Balaban J connectivity index is 0.00000225. The molecule has 16 heavy (non-hydrogen) atoms. The monoisotopic (exact) mass is 240 g/mol. The summed E-state index contributed by atoms with van der Waals surface area (Å²) in [5.74, 6) is -0.965. The number of halogens is 2. The summed E-state index contributed by atoms with van der Waals surface area (Å²) in [7, 11) is 0. The molecule has 0 aliphatic heterocycles. The number of carbonyl (C=O) groups is 1. The number of ether oxygens (including phenoxy) is 1. The summed E-state index contributed by atoms with van der Waals surface area (Å²) >= 11 is 0. The third kappa shape index (κ3) is 3.66. The molecule has 1 heterocycles. The van der Waals surface area contributed by atoms with Gasteiger partial charge < -0.3 is 9.84 Å². The molecule has 0 spiro atoms. The molecule has 8 heteroatoms. The van der Waals surface area contributed by atoms with Crippen molar-refractivity contribution in [2.24, 2.45) is 0 Å². The van der Waals surface area contributed by atoms with Gasteiger partial charge in [-0.2, -0.15) is 0 Å². The Hall–Kier alpha value is -0.790. The van der Waals surface area contributed by atoms with Crippen LogP contribution in [0, 0.1) is 0 Å². The predicted molar refractivity (Wildman–Crippen MR) is 42.4 cm³/mol.